The van der Waals surface area contributed by atoms with Crippen LogP contribution in [-0.4, -0.2) is 25.0 Å². The molecule has 1 amide bonds. The van der Waals surface area contributed by atoms with Crippen LogP contribution in [0.25, 0.3) is 0 Å². The number of carbonyl (C=O) groups excluding carboxylic acids is 1. The Morgan fingerprint density at radius 2 is 2.57 bits per heavy atom. The second-order valence-electron chi connectivity index (χ2n) is 3.60. The number of rotatable bonds is 2. The molecule has 1 atom stereocenters. The molecule has 0 aromatic carbocycles. The van der Waals surface area contributed by atoms with Crippen LogP contribution in [0.4, 0.5) is 0 Å². The van der Waals surface area contributed by atoms with Crippen LogP contribution in [0.2, 0.25) is 0 Å². The molecule has 4 heteroatoms. The van der Waals surface area contributed by atoms with Gasteiger partial charge in [-0.05, 0) is 36.9 Å². The van der Waals surface area contributed by atoms with Crippen LogP contribution >= 0.6 is 11.3 Å². The minimum atomic E-state index is 0.0752. The number of thiophene rings is 1. The highest BCUT2D eigenvalue weighted by molar-refractivity contribution is 7.12. The van der Waals surface area contributed by atoms with Crippen molar-refractivity contribution in [2.45, 2.75) is 19.4 Å². The Labute approximate surface area is 87.5 Å². The lowest BCUT2D eigenvalue weighted by molar-refractivity contribution is 0.0943. The van der Waals surface area contributed by atoms with E-state index in [-0.39, 0.29) is 5.91 Å². The maximum atomic E-state index is 11.8. The van der Waals surface area contributed by atoms with Gasteiger partial charge >= 0.3 is 0 Å². The van der Waals surface area contributed by atoms with Crippen molar-refractivity contribution in [2.75, 3.05) is 13.1 Å². The number of carbonyl (C=O) groups is 1. The molecule has 0 radical (unpaired) electrons. The van der Waals surface area contributed by atoms with Gasteiger partial charge in [0.25, 0.3) is 5.91 Å². The molecular formula is C10H14N2OS. The fourth-order valence-electron chi connectivity index (χ4n) is 1.63. The van der Waals surface area contributed by atoms with Crippen LogP contribution in [0, 0.1) is 6.92 Å². The van der Waals surface area contributed by atoms with Crippen LogP contribution in [0.3, 0.4) is 0 Å². The van der Waals surface area contributed by atoms with E-state index in [0.29, 0.717) is 6.04 Å². The van der Waals surface area contributed by atoms with Gasteiger partial charge in [0.05, 0.1) is 4.88 Å². The van der Waals surface area contributed by atoms with Gasteiger partial charge in [-0.25, -0.2) is 0 Å². The lowest BCUT2D eigenvalue weighted by atomic mass is 10.2. The molecule has 0 unspecified atom stereocenters. The average Bonchev–Trinajstić information content (AvgIpc) is 2.75. The highest BCUT2D eigenvalue weighted by atomic mass is 32.1. The summed E-state index contributed by atoms with van der Waals surface area (Å²) < 4.78 is 0. The summed E-state index contributed by atoms with van der Waals surface area (Å²) in [5.74, 6) is 0.0752. The van der Waals surface area contributed by atoms with Crippen molar-refractivity contribution in [3.05, 3.63) is 21.9 Å². The van der Waals surface area contributed by atoms with Crippen LogP contribution in [-0.2, 0) is 0 Å². The highest BCUT2D eigenvalue weighted by Gasteiger charge is 2.18. The minimum Gasteiger partial charge on any atom is -0.347 e. The number of hydrogen-bond acceptors (Lipinski definition) is 3. The molecule has 1 fully saturated rings. The van der Waals surface area contributed by atoms with Crippen LogP contribution in [0.5, 0.6) is 0 Å². The lowest BCUT2D eigenvalue weighted by Gasteiger charge is -2.10. The molecule has 0 bridgehead atoms. The number of aryl methyl sites for hydroxylation is 1. The zero-order valence-electron chi connectivity index (χ0n) is 8.17. The lowest BCUT2D eigenvalue weighted by Crippen LogP contribution is -2.36. The van der Waals surface area contributed by atoms with Gasteiger partial charge in [0.2, 0.25) is 0 Å². The first-order chi connectivity index (χ1) is 6.77. The predicted molar refractivity (Wildman–Crippen MR) is 57.8 cm³/mol. The molecule has 1 aliphatic rings. The molecule has 14 heavy (non-hydrogen) atoms. The molecule has 76 valence electrons. The first-order valence-corrected chi connectivity index (χ1v) is 5.71. The summed E-state index contributed by atoms with van der Waals surface area (Å²) in [6.45, 7) is 3.88. The van der Waals surface area contributed by atoms with Gasteiger partial charge in [0, 0.05) is 12.6 Å². The second kappa shape index (κ2) is 4.11. The first kappa shape index (κ1) is 9.68. The quantitative estimate of drug-likeness (QED) is 0.769. The number of amides is 1. The molecule has 2 N–H and O–H groups in total. The molecule has 0 spiro atoms. The summed E-state index contributed by atoms with van der Waals surface area (Å²) in [6, 6.07) is 2.29. The molecule has 1 aromatic rings. The van der Waals surface area contributed by atoms with E-state index in [0.717, 1.165) is 30.0 Å². The van der Waals surface area contributed by atoms with Crippen molar-refractivity contribution in [3.63, 3.8) is 0 Å². The monoisotopic (exact) mass is 210 g/mol. The molecule has 2 rings (SSSR count). The maximum absolute atomic E-state index is 11.8. The van der Waals surface area contributed by atoms with Crippen LogP contribution in [0.1, 0.15) is 21.7 Å². The second-order valence-corrected chi connectivity index (χ2v) is 4.51. The van der Waals surface area contributed by atoms with Crippen LogP contribution in [0.15, 0.2) is 11.4 Å². The molecule has 1 aromatic heterocycles. The van der Waals surface area contributed by atoms with Gasteiger partial charge in [-0.3, -0.25) is 4.79 Å². The van der Waals surface area contributed by atoms with Crippen molar-refractivity contribution < 1.29 is 4.79 Å². The molecule has 1 saturated heterocycles. The van der Waals surface area contributed by atoms with Gasteiger partial charge in [0.1, 0.15) is 0 Å². The Hall–Kier alpha value is -0.870. The van der Waals surface area contributed by atoms with E-state index < -0.39 is 0 Å². The normalized spacial score (nSPS) is 21.1. The first-order valence-electron chi connectivity index (χ1n) is 4.83. The van der Waals surface area contributed by atoms with Gasteiger partial charge < -0.3 is 10.6 Å². The third-order valence-corrected chi connectivity index (χ3v) is 3.48. The van der Waals surface area contributed by atoms with Crippen molar-refractivity contribution in [1.29, 1.82) is 0 Å². The molecule has 2 heterocycles. The van der Waals surface area contributed by atoms with Gasteiger partial charge in [-0.1, -0.05) is 0 Å². The van der Waals surface area contributed by atoms with E-state index in [4.69, 9.17) is 0 Å². The highest BCUT2D eigenvalue weighted by Crippen LogP contribution is 2.15. The Balaban J connectivity index is 1.98. The van der Waals surface area contributed by atoms with E-state index in [1.807, 2.05) is 18.4 Å². The maximum Gasteiger partial charge on any atom is 0.261 e. The minimum absolute atomic E-state index is 0.0752. The summed E-state index contributed by atoms with van der Waals surface area (Å²) in [5.41, 5.74) is 1.07. The zero-order chi connectivity index (χ0) is 9.97. The fraction of sp³-hybridized carbons (Fsp3) is 0.500. The predicted octanol–water partition coefficient (Wildman–Crippen LogP) is 1.15. The molecule has 0 saturated carbocycles. The van der Waals surface area contributed by atoms with Gasteiger partial charge in [0.15, 0.2) is 0 Å². The van der Waals surface area contributed by atoms with Crippen molar-refractivity contribution in [1.82, 2.24) is 10.6 Å². The fourth-order valence-corrected chi connectivity index (χ4v) is 2.46. The van der Waals surface area contributed by atoms with Gasteiger partial charge in [-0.15, -0.1) is 11.3 Å². The molecule has 3 nitrogen and oxygen atoms in total. The van der Waals surface area contributed by atoms with E-state index in [9.17, 15) is 4.79 Å². The Morgan fingerprint density at radius 1 is 1.71 bits per heavy atom. The topological polar surface area (TPSA) is 41.1 Å². The van der Waals surface area contributed by atoms with E-state index in [1.54, 1.807) is 0 Å². The standard InChI is InChI=1S/C10H14N2OS/c1-7-3-5-14-9(7)10(13)12-8-2-4-11-6-8/h3,5,8,11H,2,4,6H2,1H3,(H,12,13)/t8-/m1/s1. The van der Waals surface area contributed by atoms with E-state index in [2.05, 4.69) is 10.6 Å². The Bertz CT molecular complexity index is 329. The van der Waals surface area contributed by atoms with Crippen molar-refractivity contribution in [3.8, 4) is 0 Å². The number of hydrogen-bond donors (Lipinski definition) is 2. The molecule has 0 aliphatic carbocycles. The van der Waals surface area contributed by atoms with Gasteiger partial charge in [-0.2, -0.15) is 0 Å². The molecule has 1 aliphatic heterocycles. The van der Waals surface area contributed by atoms with Crippen LogP contribution < -0.4 is 10.6 Å². The average molecular weight is 210 g/mol. The van der Waals surface area contributed by atoms with E-state index >= 15 is 0 Å². The SMILES string of the molecule is Cc1ccsc1C(=O)N[C@@H]1CCNC1. The number of nitrogens with one attached hydrogen (secondary N) is 2. The molecular weight excluding hydrogens is 196 g/mol. The summed E-state index contributed by atoms with van der Waals surface area (Å²) in [4.78, 5) is 12.6. The Kier molecular flexibility index (Phi) is 2.84. The summed E-state index contributed by atoms with van der Waals surface area (Å²) in [6.07, 6.45) is 1.04. The van der Waals surface area contributed by atoms with E-state index in [1.165, 1.54) is 11.3 Å². The van der Waals surface area contributed by atoms with Crippen molar-refractivity contribution >= 4 is 17.2 Å². The third kappa shape index (κ3) is 1.96. The van der Waals surface area contributed by atoms with Crippen molar-refractivity contribution in [2.24, 2.45) is 0 Å². The summed E-state index contributed by atoms with van der Waals surface area (Å²) in [7, 11) is 0. The summed E-state index contributed by atoms with van der Waals surface area (Å²) in [5, 5.41) is 8.21. The smallest absolute Gasteiger partial charge is 0.261 e. The zero-order valence-corrected chi connectivity index (χ0v) is 8.99. The Morgan fingerprint density at radius 3 is 3.14 bits per heavy atom. The largest absolute Gasteiger partial charge is 0.347 e. The summed E-state index contributed by atoms with van der Waals surface area (Å²) >= 11 is 1.51. The third-order valence-electron chi connectivity index (χ3n) is 2.46.